The number of fused-ring (bicyclic) bond motifs is 3. The van der Waals surface area contributed by atoms with Crippen molar-refractivity contribution in [3.8, 4) is 5.69 Å². The SMILES string of the molecule is CNc1nc(=O)n(-c2cccc(C)c2)c2c1[nH]c1ccc(Cl)cc12. The first kappa shape index (κ1) is 14.8. The zero-order valence-corrected chi connectivity index (χ0v) is 14.0. The Bertz CT molecular complexity index is 1140. The zero-order chi connectivity index (χ0) is 16.8. The highest BCUT2D eigenvalue weighted by Gasteiger charge is 2.17. The van der Waals surface area contributed by atoms with Crippen LogP contribution in [0, 0.1) is 6.92 Å². The highest BCUT2D eigenvalue weighted by atomic mass is 35.5. The Hall–Kier alpha value is -2.79. The summed E-state index contributed by atoms with van der Waals surface area (Å²) in [5.74, 6) is 0.520. The second-order valence-electron chi connectivity index (χ2n) is 5.71. The van der Waals surface area contributed by atoms with Gasteiger partial charge in [-0.05, 0) is 42.8 Å². The molecule has 2 aromatic heterocycles. The first-order chi connectivity index (χ1) is 11.6. The molecule has 0 amide bonds. The molecule has 4 aromatic rings. The highest BCUT2D eigenvalue weighted by Crippen LogP contribution is 2.31. The lowest BCUT2D eigenvalue weighted by Gasteiger charge is -2.10. The van der Waals surface area contributed by atoms with Gasteiger partial charge in [0.15, 0.2) is 5.82 Å². The molecule has 0 bridgehead atoms. The minimum Gasteiger partial charge on any atom is -0.371 e. The van der Waals surface area contributed by atoms with Crippen molar-refractivity contribution in [3.63, 3.8) is 0 Å². The van der Waals surface area contributed by atoms with Crippen LogP contribution in [0.4, 0.5) is 5.82 Å². The van der Waals surface area contributed by atoms with E-state index in [2.05, 4.69) is 15.3 Å². The number of aromatic amines is 1. The summed E-state index contributed by atoms with van der Waals surface area (Å²) in [4.78, 5) is 20.2. The molecular formula is C18H15ClN4O. The van der Waals surface area contributed by atoms with Gasteiger partial charge in [-0.15, -0.1) is 0 Å². The van der Waals surface area contributed by atoms with E-state index >= 15 is 0 Å². The third kappa shape index (κ3) is 2.17. The first-order valence-corrected chi connectivity index (χ1v) is 7.95. The maximum Gasteiger partial charge on any atom is 0.354 e. The van der Waals surface area contributed by atoms with Gasteiger partial charge >= 0.3 is 5.69 Å². The maximum absolute atomic E-state index is 12.7. The Kier molecular flexibility index (Phi) is 3.32. The third-order valence-electron chi connectivity index (χ3n) is 4.09. The van der Waals surface area contributed by atoms with Gasteiger partial charge in [-0.1, -0.05) is 23.7 Å². The molecule has 4 rings (SSSR count). The molecule has 2 heterocycles. The van der Waals surface area contributed by atoms with E-state index in [1.165, 1.54) is 0 Å². The second kappa shape index (κ2) is 5.39. The minimum absolute atomic E-state index is 0.335. The number of rotatable bonds is 2. The molecule has 0 saturated heterocycles. The van der Waals surface area contributed by atoms with Crippen LogP contribution >= 0.6 is 11.6 Å². The molecule has 0 atom stereocenters. The van der Waals surface area contributed by atoms with Gasteiger partial charge in [0.1, 0.15) is 5.52 Å². The molecule has 0 aliphatic carbocycles. The molecule has 2 N–H and O–H groups in total. The van der Waals surface area contributed by atoms with Crippen molar-refractivity contribution in [2.75, 3.05) is 12.4 Å². The number of aryl methyl sites for hydroxylation is 1. The predicted molar refractivity (Wildman–Crippen MR) is 98.5 cm³/mol. The molecular weight excluding hydrogens is 324 g/mol. The Labute approximate surface area is 142 Å². The van der Waals surface area contributed by atoms with Crippen molar-refractivity contribution in [1.82, 2.24) is 14.5 Å². The van der Waals surface area contributed by atoms with Gasteiger partial charge in [-0.25, -0.2) is 4.79 Å². The lowest BCUT2D eigenvalue weighted by molar-refractivity contribution is 0.962. The molecule has 0 saturated carbocycles. The van der Waals surface area contributed by atoms with E-state index in [0.29, 0.717) is 10.8 Å². The fourth-order valence-corrected chi connectivity index (χ4v) is 3.21. The molecule has 0 aliphatic rings. The van der Waals surface area contributed by atoms with E-state index in [9.17, 15) is 4.79 Å². The van der Waals surface area contributed by atoms with Crippen LogP contribution in [-0.4, -0.2) is 21.6 Å². The Morgan fingerprint density at radius 1 is 1.21 bits per heavy atom. The van der Waals surface area contributed by atoms with E-state index in [4.69, 9.17) is 11.6 Å². The average molecular weight is 339 g/mol. The Morgan fingerprint density at radius 3 is 2.79 bits per heavy atom. The molecule has 0 unspecified atom stereocenters. The van der Waals surface area contributed by atoms with Gasteiger partial charge in [0.05, 0.1) is 11.2 Å². The zero-order valence-electron chi connectivity index (χ0n) is 13.2. The van der Waals surface area contributed by atoms with Crippen molar-refractivity contribution >= 4 is 39.4 Å². The summed E-state index contributed by atoms with van der Waals surface area (Å²) in [5.41, 5.74) is 3.96. The molecule has 0 fully saturated rings. The van der Waals surface area contributed by atoms with Crippen molar-refractivity contribution in [1.29, 1.82) is 0 Å². The smallest absolute Gasteiger partial charge is 0.354 e. The number of anilines is 1. The van der Waals surface area contributed by atoms with Gasteiger partial charge in [-0.2, -0.15) is 4.98 Å². The summed E-state index contributed by atoms with van der Waals surface area (Å²) in [6.45, 7) is 1.99. The third-order valence-corrected chi connectivity index (χ3v) is 4.32. The quantitative estimate of drug-likeness (QED) is 0.583. The summed E-state index contributed by atoms with van der Waals surface area (Å²) in [5, 5.41) is 4.49. The number of hydrogen-bond donors (Lipinski definition) is 2. The normalized spacial score (nSPS) is 11.3. The van der Waals surface area contributed by atoms with Crippen LogP contribution in [0.5, 0.6) is 0 Å². The van der Waals surface area contributed by atoms with E-state index in [-0.39, 0.29) is 5.69 Å². The molecule has 120 valence electrons. The Morgan fingerprint density at radius 2 is 2.04 bits per heavy atom. The molecule has 0 spiro atoms. The number of benzene rings is 2. The summed E-state index contributed by atoms with van der Waals surface area (Å²) in [7, 11) is 1.75. The predicted octanol–water partition coefficient (Wildman–Crippen LogP) is 3.87. The van der Waals surface area contributed by atoms with Gasteiger partial charge in [0.25, 0.3) is 0 Å². The Balaban J connectivity index is 2.24. The van der Waals surface area contributed by atoms with Crippen molar-refractivity contribution in [2.45, 2.75) is 6.92 Å². The lowest BCUT2D eigenvalue weighted by Crippen LogP contribution is -2.22. The molecule has 0 aliphatic heterocycles. The lowest BCUT2D eigenvalue weighted by atomic mass is 10.2. The number of nitrogens with one attached hydrogen (secondary N) is 2. The van der Waals surface area contributed by atoms with Gasteiger partial charge in [0.2, 0.25) is 0 Å². The number of aromatic nitrogens is 3. The summed E-state index contributed by atoms with van der Waals surface area (Å²) in [6.07, 6.45) is 0. The summed E-state index contributed by atoms with van der Waals surface area (Å²) >= 11 is 6.18. The van der Waals surface area contributed by atoms with Crippen LogP contribution in [0.2, 0.25) is 5.02 Å². The maximum atomic E-state index is 12.7. The average Bonchev–Trinajstić information content (AvgIpc) is 2.92. The van der Waals surface area contributed by atoms with Crippen molar-refractivity contribution in [2.24, 2.45) is 0 Å². The fourth-order valence-electron chi connectivity index (χ4n) is 3.04. The van der Waals surface area contributed by atoms with Gasteiger partial charge in [0, 0.05) is 23.0 Å². The van der Waals surface area contributed by atoms with Crippen molar-refractivity contribution in [3.05, 3.63) is 63.5 Å². The number of H-pyrrole nitrogens is 1. The van der Waals surface area contributed by atoms with Crippen LogP contribution in [0.3, 0.4) is 0 Å². The molecule has 24 heavy (non-hydrogen) atoms. The topological polar surface area (TPSA) is 62.7 Å². The fraction of sp³-hybridized carbons (Fsp3) is 0.111. The van der Waals surface area contributed by atoms with Crippen LogP contribution < -0.4 is 11.0 Å². The monoisotopic (exact) mass is 338 g/mol. The van der Waals surface area contributed by atoms with E-state index in [1.54, 1.807) is 11.6 Å². The molecule has 5 nitrogen and oxygen atoms in total. The molecule has 0 radical (unpaired) electrons. The largest absolute Gasteiger partial charge is 0.371 e. The molecule has 6 heteroatoms. The highest BCUT2D eigenvalue weighted by molar-refractivity contribution is 6.31. The van der Waals surface area contributed by atoms with Gasteiger partial charge < -0.3 is 10.3 Å². The van der Waals surface area contributed by atoms with Crippen LogP contribution in [-0.2, 0) is 0 Å². The van der Waals surface area contributed by atoms with E-state index in [0.717, 1.165) is 33.2 Å². The summed E-state index contributed by atoms with van der Waals surface area (Å²) in [6, 6.07) is 13.4. The van der Waals surface area contributed by atoms with E-state index in [1.807, 2.05) is 49.4 Å². The number of halogens is 1. The van der Waals surface area contributed by atoms with Crippen LogP contribution in [0.1, 0.15) is 5.56 Å². The van der Waals surface area contributed by atoms with E-state index < -0.39 is 0 Å². The summed E-state index contributed by atoms with van der Waals surface area (Å²) < 4.78 is 1.62. The van der Waals surface area contributed by atoms with Crippen LogP contribution in [0.15, 0.2) is 47.3 Å². The first-order valence-electron chi connectivity index (χ1n) is 7.57. The standard InChI is InChI=1S/C18H15ClN4O/c1-10-4-3-5-12(8-10)23-16-13-9-11(19)6-7-14(13)21-15(16)17(20-2)22-18(23)24/h3-9,21H,1-2H3,(H,20,22,24). The van der Waals surface area contributed by atoms with Gasteiger partial charge in [-0.3, -0.25) is 4.57 Å². The number of hydrogen-bond acceptors (Lipinski definition) is 3. The second-order valence-corrected chi connectivity index (χ2v) is 6.14. The van der Waals surface area contributed by atoms with Crippen LogP contribution in [0.25, 0.3) is 27.6 Å². The molecule has 2 aromatic carbocycles. The van der Waals surface area contributed by atoms with Crippen molar-refractivity contribution < 1.29 is 0 Å². The number of nitrogens with zero attached hydrogens (tertiary/aromatic N) is 2. The minimum atomic E-state index is -0.335.